The number of ether oxygens (including phenoxy) is 2. The Kier molecular flexibility index (Phi) is 29.2. The molecule has 3 N–H and O–H groups in total. The topological polar surface area (TPSA) is 219 Å². The number of fused-ring (bicyclic) bond motifs is 2. The fourth-order valence-corrected chi connectivity index (χ4v) is 8.13. The van der Waals surface area contributed by atoms with E-state index in [0.29, 0.717) is 46.8 Å². The standard InChI is InChI=1S/C18H17FN4O2S.C15H22ClNO2.C8H11Cl2NO.C3H8NO5P.C3H9S/c1-4-5-22-13-7-12(11(19)6-14(13)25-9-16(22)24)20-17-23-10-18(2,3)8-15(23)21-26-17;1-5-13-8-6-7-11(2)15(13)17(14(18)9-16)12(3)10-19-4;1-3-5-11(6-4-2)8(12)7(9)10;5-3(6)1-4-2-10(7,8)9;1-4(2)3/h1,6-7H,5,8-10H2,2-3H3;6-8,12H,5,9-10H2,1-4H3;3-4,7H,1-2,5-6H2;4H,1-2H2,(H,5,6)(H2,7,8,9);1-3H3/q;;;;+1/p-1/b20-17-;;;;. The molecule has 2 unspecified atom stereocenters. The quantitative estimate of drug-likeness (QED) is 0.0462. The molecule has 5 rings (SSSR count). The first-order valence-corrected chi connectivity index (χ1v) is 28.1. The number of nitrogens with one attached hydrogen (secondary N) is 1. The Bertz CT molecular complexity index is 2410. The van der Waals surface area contributed by atoms with E-state index in [1.165, 1.54) is 33.5 Å². The molecule has 2 aliphatic heterocycles. The maximum atomic E-state index is 14.5. The minimum atomic E-state index is -4.35. The van der Waals surface area contributed by atoms with Crippen molar-refractivity contribution >= 4 is 106 Å². The van der Waals surface area contributed by atoms with E-state index in [-0.39, 0.29) is 53.9 Å². The van der Waals surface area contributed by atoms with Crippen molar-refractivity contribution in [3.05, 3.63) is 83.2 Å². The number of carbonyl (C=O) groups excluding carboxylic acids is 3. The second-order valence-corrected chi connectivity index (χ2v) is 22.9. The molecule has 3 amide bonds. The Morgan fingerprint density at radius 3 is 2.35 bits per heavy atom. The van der Waals surface area contributed by atoms with Crippen molar-refractivity contribution in [3.8, 4) is 18.1 Å². The van der Waals surface area contributed by atoms with Crippen LogP contribution in [-0.4, -0.2) is 136 Å². The van der Waals surface area contributed by atoms with Gasteiger partial charge < -0.3 is 43.3 Å². The van der Waals surface area contributed by atoms with Crippen LogP contribution in [-0.2, 0) is 58.8 Å². The Balaban J connectivity index is 0.000000493. The molecule has 0 saturated carbocycles. The second kappa shape index (κ2) is 32.0. The van der Waals surface area contributed by atoms with Crippen molar-refractivity contribution < 1.29 is 52.5 Å². The van der Waals surface area contributed by atoms with Gasteiger partial charge in [0.25, 0.3) is 11.8 Å². The molecule has 24 heteroatoms. The highest BCUT2D eigenvalue weighted by atomic mass is 35.5. The molecule has 2 atom stereocenters. The average Bonchev–Trinajstić information content (AvgIpc) is 3.79. The number of nitrogens with zero attached hydrogens (tertiary/aromatic N) is 6. The smallest absolute Gasteiger partial charge is 0.317 e. The first kappa shape index (κ1) is 64.8. The van der Waals surface area contributed by atoms with E-state index in [1.807, 2.05) is 35.9 Å². The Labute approximate surface area is 438 Å². The monoisotopic (exact) mass is 1110 g/mol. The van der Waals surface area contributed by atoms with Crippen LogP contribution < -0.4 is 29.5 Å². The number of aryl methyl sites for hydroxylation is 2. The number of rotatable bonds is 17. The van der Waals surface area contributed by atoms with Crippen LogP contribution in [0.1, 0.15) is 44.6 Å². The summed E-state index contributed by atoms with van der Waals surface area (Å²) < 4.78 is 41.4. The number of hydrogen-bond acceptors (Lipinski definition) is 12. The lowest BCUT2D eigenvalue weighted by Crippen LogP contribution is -2.43. The molecule has 1 aromatic heterocycles. The molecule has 0 spiro atoms. The lowest BCUT2D eigenvalue weighted by atomic mass is 9.92. The number of carboxylic acids is 1. The minimum absolute atomic E-state index is 0.0223. The van der Waals surface area contributed by atoms with E-state index in [4.69, 9.17) is 60.7 Å². The summed E-state index contributed by atoms with van der Waals surface area (Å²) in [4.78, 5) is 71.9. The predicted molar refractivity (Wildman–Crippen MR) is 284 cm³/mol. The van der Waals surface area contributed by atoms with Crippen LogP contribution >= 0.6 is 53.9 Å². The number of terminal acetylenes is 1. The number of amides is 3. The molecule has 2 aromatic carbocycles. The Hall–Kier alpha value is -4.26. The first-order chi connectivity index (χ1) is 33.2. The first-order valence-electron chi connectivity index (χ1n) is 21.7. The van der Waals surface area contributed by atoms with Crippen LogP contribution in [0.3, 0.4) is 0 Å². The van der Waals surface area contributed by atoms with Crippen molar-refractivity contribution in [1.29, 1.82) is 0 Å². The Morgan fingerprint density at radius 2 is 1.85 bits per heavy atom. The van der Waals surface area contributed by atoms with Gasteiger partial charge in [-0.3, -0.25) is 29.4 Å². The molecule has 0 aliphatic carbocycles. The van der Waals surface area contributed by atoms with Gasteiger partial charge in [0.2, 0.25) is 10.7 Å². The third kappa shape index (κ3) is 22.6. The van der Waals surface area contributed by atoms with Crippen molar-refractivity contribution in [2.75, 3.05) is 87.2 Å². The van der Waals surface area contributed by atoms with Gasteiger partial charge in [0.15, 0.2) is 17.3 Å². The third-order valence-corrected chi connectivity index (χ3v) is 11.4. The predicted octanol–water partition coefficient (Wildman–Crippen LogP) is 6.07. The number of anilines is 2. The number of alkyl halides is 3. The zero-order valence-electron chi connectivity index (χ0n) is 41.6. The lowest BCUT2D eigenvalue weighted by molar-refractivity contribution is -0.193. The van der Waals surface area contributed by atoms with Crippen molar-refractivity contribution in [1.82, 2.24) is 19.2 Å². The zero-order valence-corrected chi connectivity index (χ0v) is 46.4. The van der Waals surface area contributed by atoms with Crippen molar-refractivity contribution in [2.45, 2.75) is 64.9 Å². The number of hydrogen-bond donors (Lipinski definition) is 3. The summed E-state index contributed by atoms with van der Waals surface area (Å²) >= 11 is 17.8. The third-order valence-electron chi connectivity index (χ3n) is 9.39. The summed E-state index contributed by atoms with van der Waals surface area (Å²) in [6.45, 7) is 19.0. The van der Waals surface area contributed by atoms with Crippen LogP contribution in [0, 0.1) is 30.5 Å². The maximum Gasteiger partial charge on any atom is 0.317 e. The maximum absolute atomic E-state index is 14.5. The number of halogens is 4. The number of aromatic nitrogens is 2. The minimum Gasteiger partial charge on any atom is -0.778 e. The molecule has 3 aromatic rings. The molecule has 0 radical (unpaired) electrons. The Morgan fingerprint density at radius 1 is 1.23 bits per heavy atom. The average molecular weight is 1110 g/mol. The summed E-state index contributed by atoms with van der Waals surface area (Å²) in [5.74, 6) is 1.32. The van der Waals surface area contributed by atoms with Crippen molar-refractivity contribution in [2.24, 2.45) is 10.4 Å². The van der Waals surface area contributed by atoms with Gasteiger partial charge in [-0.25, -0.2) is 9.38 Å². The second-order valence-electron chi connectivity index (χ2n) is 16.8. The van der Waals surface area contributed by atoms with Crippen LogP contribution in [0.5, 0.6) is 5.75 Å². The van der Waals surface area contributed by atoms with E-state index >= 15 is 0 Å². The molecule has 394 valence electrons. The number of benzene rings is 2. The highest BCUT2D eigenvalue weighted by Crippen LogP contribution is 2.38. The van der Waals surface area contributed by atoms with Crippen LogP contribution in [0.4, 0.5) is 21.5 Å². The van der Waals surface area contributed by atoms with Crippen LogP contribution in [0.25, 0.3) is 0 Å². The van der Waals surface area contributed by atoms with E-state index in [2.05, 4.69) is 74.0 Å². The van der Waals surface area contributed by atoms with Gasteiger partial charge in [0.1, 0.15) is 30.7 Å². The normalized spacial score (nSPS) is 14.4. The summed E-state index contributed by atoms with van der Waals surface area (Å²) in [7, 11) is -2.07. The fourth-order valence-electron chi connectivity index (χ4n) is 6.58. The summed E-state index contributed by atoms with van der Waals surface area (Å²) in [5.41, 5.74) is 3.89. The number of aliphatic carboxylic acids is 1. The highest BCUT2D eigenvalue weighted by Gasteiger charge is 2.31. The molecule has 0 saturated heterocycles. The number of para-hydroxylation sites is 1. The van der Waals surface area contributed by atoms with Gasteiger partial charge in [0, 0.05) is 50.8 Å². The van der Waals surface area contributed by atoms with E-state index in [9.17, 15) is 33.0 Å². The molecule has 0 bridgehead atoms. The largest absolute Gasteiger partial charge is 0.778 e. The van der Waals surface area contributed by atoms with E-state index < -0.39 is 37.0 Å². The molecular formula is C47H66Cl3FN7O10PS2. The zero-order chi connectivity index (χ0) is 54.2. The summed E-state index contributed by atoms with van der Waals surface area (Å²) in [6.07, 6.45) is 16.2. The summed E-state index contributed by atoms with van der Waals surface area (Å²) in [5, 5.41) is 9.97. The fraction of sp³-hybridized carbons (Fsp3) is 0.489. The van der Waals surface area contributed by atoms with Gasteiger partial charge in [-0.2, -0.15) is 4.37 Å². The van der Waals surface area contributed by atoms with E-state index in [1.54, 1.807) is 24.2 Å². The van der Waals surface area contributed by atoms with Crippen LogP contribution in [0.2, 0.25) is 0 Å². The molecule has 17 nitrogen and oxygen atoms in total. The highest BCUT2D eigenvalue weighted by molar-refractivity contribution is 7.94. The van der Waals surface area contributed by atoms with Gasteiger partial charge in [-0.05, 0) is 53.8 Å². The molecule has 3 heterocycles. The van der Waals surface area contributed by atoms with E-state index in [0.717, 1.165) is 42.0 Å². The summed E-state index contributed by atoms with van der Waals surface area (Å²) in [6, 6.07) is 8.80. The van der Waals surface area contributed by atoms with Crippen molar-refractivity contribution in [3.63, 3.8) is 0 Å². The number of carboxylic acid groups (broad SMARTS) is 1. The number of carbonyl (C=O) groups is 4. The molecule has 0 fully saturated rings. The lowest BCUT2D eigenvalue weighted by Gasteiger charge is -2.31. The van der Waals surface area contributed by atoms with Gasteiger partial charge in [-0.15, -0.1) is 31.2 Å². The van der Waals surface area contributed by atoms with Gasteiger partial charge >= 0.3 is 5.97 Å². The SMILES string of the molecule is C#CCN1C(=O)COc2cc(F)c(/N=c3\snc4n3CC(C)(C)C4)cc21.C=CCN(CC=C)C(=O)C(Cl)Cl.CCc1cccc(C)c1N(C(=O)CCl)C(C)COC.C[S+](C)C.O=C(O)CNCP(=O)([O-])O. The molecular weight excluding hydrogens is 1040 g/mol. The van der Waals surface area contributed by atoms with Gasteiger partial charge in [-0.1, -0.05) is 80.2 Å². The van der Waals surface area contributed by atoms with Crippen LogP contribution in [0.15, 0.2) is 60.6 Å². The molecule has 71 heavy (non-hydrogen) atoms. The molecule has 2 aliphatic rings. The van der Waals surface area contributed by atoms with Gasteiger partial charge in [0.05, 0.1) is 62.2 Å². The number of methoxy groups -OCH3 is 1.